The maximum absolute atomic E-state index is 12.1. The molecule has 0 aliphatic carbocycles. The Balaban J connectivity index is 1.92. The van der Waals surface area contributed by atoms with Gasteiger partial charge in [-0.25, -0.2) is 9.97 Å². The predicted molar refractivity (Wildman–Crippen MR) is 97.1 cm³/mol. The number of benzene rings is 1. The van der Waals surface area contributed by atoms with Gasteiger partial charge in [-0.3, -0.25) is 4.79 Å². The van der Waals surface area contributed by atoms with Gasteiger partial charge in [-0.2, -0.15) is 0 Å². The molecule has 0 fully saturated rings. The first-order valence-electron chi connectivity index (χ1n) is 7.98. The minimum Gasteiger partial charge on any atom is -0.425 e. The lowest BCUT2D eigenvalue weighted by molar-refractivity contribution is -0.142. The highest BCUT2D eigenvalue weighted by molar-refractivity contribution is 5.89. The lowest BCUT2D eigenvalue weighted by Gasteiger charge is -2.17. The highest BCUT2D eigenvalue weighted by Crippen LogP contribution is 2.27. The van der Waals surface area contributed by atoms with Gasteiger partial charge in [-0.1, -0.05) is 12.1 Å². The summed E-state index contributed by atoms with van der Waals surface area (Å²) >= 11 is 0. The van der Waals surface area contributed by atoms with Crippen LogP contribution in [-0.4, -0.2) is 15.9 Å². The van der Waals surface area contributed by atoms with Crippen molar-refractivity contribution in [2.24, 2.45) is 5.41 Å². The Labute approximate surface area is 146 Å². The van der Waals surface area contributed by atoms with Gasteiger partial charge in [0.2, 0.25) is 0 Å². The maximum atomic E-state index is 12.1. The van der Waals surface area contributed by atoms with E-state index in [1.807, 2.05) is 63.2 Å². The van der Waals surface area contributed by atoms with E-state index in [2.05, 4.69) is 21.8 Å². The van der Waals surface area contributed by atoms with Gasteiger partial charge in [0.1, 0.15) is 17.1 Å². The number of aromatic nitrogens is 2. The van der Waals surface area contributed by atoms with Crippen molar-refractivity contribution in [2.45, 2.75) is 20.8 Å². The summed E-state index contributed by atoms with van der Waals surface area (Å²) in [6, 6.07) is 14.7. The van der Waals surface area contributed by atoms with Crippen molar-refractivity contribution in [3.8, 4) is 17.6 Å². The highest BCUT2D eigenvalue weighted by Gasteiger charge is 2.24. The number of carbonyl (C=O) groups excluding carboxylic acids is 1. The molecule has 1 aromatic carbocycles. The van der Waals surface area contributed by atoms with E-state index in [4.69, 9.17) is 4.74 Å². The molecule has 0 spiro atoms. The minimum atomic E-state index is -0.566. The number of carbonyl (C=O) groups is 1. The van der Waals surface area contributed by atoms with Crippen LogP contribution in [0.15, 0.2) is 54.7 Å². The average molecular weight is 330 g/mol. The quantitative estimate of drug-likeness (QED) is 0.385. The molecule has 0 unspecified atom stereocenters. The van der Waals surface area contributed by atoms with Crippen molar-refractivity contribution >= 4 is 16.9 Å². The Morgan fingerprint density at radius 1 is 0.960 bits per heavy atom. The minimum absolute atomic E-state index is 0.279. The smallest absolute Gasteiger partial charge is 0.316 e. The molecule has 0 bridgehead atoms. The van der Waals surface area contributed by atoms with E-state index in [-0.39, 0.29) is 5.97 Å². The van der Waals surface area contributed by atoms with E-state index >= 15 is 0 Å². The molecule has 3 aromatic rings. The molecular weight excluding hydrogens is 312 g/mol. The number of hydrogen-bond donors (Lipinski definition) is 0. The first-order valence-corrected chi connectivity index (χ1v) is 7.98. The second-order valence-electron chi connectivity index (χ2n) is 6.62. The zero-order valence-corrected chi connectivity index (χ0v) is 14.4. The van der Waals surface area contributed by atoms with Gasteiger partial charge in [0.05, 0.1) is 10.9 Å². The zero-order chi connectivity index (χ0) is 17.9. The van der Waals surface area contributed by atoms with Crippen LogP contribution in [0.1, 0.15) is 32.2 Å². The van der Waals surface area contributed by atoms with E-state index in [1.54, 1.807) is 12.3 Å². The number of fused-ring (bicyclic) bond motifs is 1. The van der Waals surface area contributed by atoms with Crippen LogP contribution in [-0.2, 0) is 4.79 Å². The maximum Gasteiger partial charge on any atom is 0.316 e. The Hall–Kier alpha value is -3.19. The first kappa shape index (κ1) is 16.7. The summed E-state index contributed by atoms with van der Waals surface area (Å²) in [5.74, 6) is 6.22. The van der Waals surface area contributed by atoms with Gasteiger partial charge in [0.25, 0.3) is 0 Å². The van der Waals surface area contributed by atoms with E-state index in [9.17, 15) is 4.79 Å². The third-order valence-electron chi connectivity index (χ3n) is 3.49. The number of rotatable bonds is 1. The molecular formula is C21H18N2O2. The van der Waals surface area contributed by atoms with Gasteiger partial charge in [0, 0.05) is 11.6 Å². The van der Waals surface area contributed by atoms with Gasteiger partial charge < -0.3 is 4.74 Å². The molecule has 124 valence electrons. The average Bonchev–Trinajstić information content (AvgIpc) is 2.60. The number of pyridine rings is 2. The topological polar surface area (TPSA) is 52.1 Å². The number of ether oxygens (including phenoxy) is 1. The normalized spacial score (nSPS) is 10.8. The van der Waals surface area contributed by atoms with Crippen LogP contribution in [0.4, 0.5) is 0 Å². The Morgan fingerprint density at radius 2 is 1.76 bits per heavy atom. The summed E-state index contributed by atoms with van der Waals surface area (Å²) in [7, 11) is 0. The van der Waals surface area contributed by atoms with Gasteiger partial charge >= 0.3 is 5.97 Å². The second kappa shape index (κ2) is 6.74. The van der Waals surface area contributed by atoms with E-state index < -0.39 is 5.41 Å². The van der Waals surface area contributed by atoms with Crippen LogP contribution >= 0.6 is 0 Å². The molecule has 0 saturated heterocycles. The molecule has 0 N–H and O–H groups in total. The fourth-order valence-electron chi connectivity index (χ4n) is 2.10. The highest BCUT2D eigenvalue weighted by atomic mass is 16.5. The molecule has 0 amide bonds. The standard InChI is InChI=1S/C21H18N2O2/c1-21(2,3)20(24)25-19-9-6-8-18-17(19)13-12-16(23-18)11-10-15-7-4-5-14-22-15/h4-9,12-14H,1-3H3. The second-order valence-corrected chi connectivity index (χ2v) is 6.62. The molecule has 0 atom stereocenters. The lowest BCUT2D eigenvalue weighted by Crippen LogP contribution is -2.25. The van der Waals surface area contributed by atoms with E-state index in [0.29, 0.717) is 17.1 Å². The van der Waals surface area contributed by atoms with Gasteiger partial charge in [0.15, 0.2) is 0 Å². The number of esters is 1. The lowest BCUT2D eigenvalue weighted by atomic mass is 9.97. The summed E-state index contributed by atoms with van der Waals surface area (Å²) in [4.78, 5) is 20.8. The van der Waals surface area contributed by atoms with Crippen molar-refractivity contribution in [3.05, 3.63) is 66.1 Å². The summed E-state index contributed by atoms with van der Waals surface area (Å²) in [5, 5.41) is 0.781. The number of hydrogen-bond acceptors (Lipinski definition) is 4. The first-order chi connectivity index (χ1) is 11.9. The van der Waals surface area contributed by atoms with Crippen molar-refractivity contribution in [1.82, 2.24) is 9.97 Å². The van der Waals surface area contributed by atoms with Crippen molar-refractivity contribution < 1.29 is 9.53 Å². The molecule has 2 aromatic heterocycles. The molecule has 0 aliphatic rings. The van der Waals surface area contributed by atoms with Gasteiger partial charge in [-0.15, -0.1) is 0 Å². The summed E-state index contributed by atoms with van der Waals surface area (Å²) < 4.78 is 5.54. The van der Waals surface area contributed by atoms with Crippen molar-refractivity contribution in [1.29, 1.82) is 0 Å². The molecule has 0 saturated carbocycles. The third-order valence-corrected chi connectivity index (χ3v) is 3.49. The Morgan fingerprint density at radius 3 is 2.48 bits per heavy atom. The van der Waals surface area contributed by atoms with Crippen LogP contribution in [0.2, 0.25) is 0 Å². The summed E-state index contributed by atoms with van der Waals surface area (Å²) in [6.07, 6.45) is 1.70. The molecule has 4 nitrogen and oxygen atoms in total. The molecule has 4 heteroatoms. The Kier molecular flexibility index (Phi) is 4.49. The van der Waals surface area contributed by atoms with Crippen LogP contribution < -0.4 is 4.74 Å². The fraction of sp³-hybridized carbons (Fsp3) is 0.190. The van der Waals surface area contributed by atoms with Crippen LogP contribution in [0, 0.1) is 17.3 Å². The van der Waals surface area contributed by atoms with Gasteiger partial charge in [-0.05, 0) is 69.0 Å². The van der Waals surface area contributed by atoms with Crippen molar-refractivity contribution in [3.63, 3.8) is 0 Å². The van der Waals surface area contributed by atoms with Crippen LogP contribution in [0.5, 0.6) is 5.75 Å². The van der Waals surface area contributed by atoms with E-state index in [1.165, 1.54) is 0 Å². The third kappa shape index (κ3) is 4.02. The SMILES string of the molecule is CC(C)(C)C(=O)Oc1cccc2nc(C#Cc3ccccn3)ccc12. The molecule has 0 radical (unpaired) electrons. The molecule has 0 aliphatic heterocycles. The van der Waals surface area contributed by atoms with E-state index in [0.717, 1.165) is 10.9 Å². The molecule has 2 heterocycles. The number of nitrogens with zero attached hydrogens (tertiary/aromatic N) is 2. The Bertz CT molecular complexity index is 977. The predicted octanol–water partition coefficient (Wildman–Crippen LogP) is 3.98. The largest absolute Gasteiger partial charge is 0.425 e. The fourth-order valence-corrected chi connectivity index (χ4v) is 2.10. The summed E-state index contributed by atoms with van der Waals surface area (Å²) in [6.45, 7) is 5.47. The summed E-state index contributed by atoms with van der Waals surface area (Å²) in [5.41, 5.74) is 1.49. The molecule has 3 rings (SSSR count). The monoisotopic (exact) mass is 330 g/mol. The zero-order valence-electron chi connectivity index (χ0n) is 14.4. The molecule has 25 heavy (non-hydrogen) atoms. The van der Waals surface area contributed by atoms with Crippen LogP contribution in [0.3, 0.4) is 0 Å². The van der Waals surface area contributed by atoms with Crippen LogP contribution in [0.25, 0.3) is 10.9 Å². The van der Waals surface area contributed by atoms with Crippen molar-refractivity contribution in [2.75, 3.05) is 0 Å².